The van der Waals surface area contributed by atoms with E-state index in [1.807, 2.05) is 14.1 Å². The van der Waals surface area contributed by atoms with Crippen molar-refractivity contribution in [2.24, 2.45) is 0 Å². The smallest absolute Gasteiger partial charge is 0.234 e. The Hall–Kier alpha value is -1.40. The molecule has 0 bridgehead atoms. The van der Waals surface area contributed by atoms with Crippen molar-refractivity contribution in [3.8, 4) is 11.5 Å². The van der Waals surface area contributed by atoms with Gasteiger partial charge in [-0.2, -0.15) is 11.8 Å². The van der Waals surface area contributed by atoms with Crippen LogP contribution in [0.2, 0.25) is 0 Å². The fourth-order valence-electron chi connectivity index (χ4n) is 1.52. The number of anilines is 1. The predicted molar refractivity (Wildman–Crippen MR) is 84.1 cm³/mol. The van der Waals surface area contributed by atoms with E-state index in [0.717, 1.165) is 12.3 Å². The minimum atomic E-state index is -0.0130. The van der Waals surface area contributed by atoms with Gasteiger partial charge in [0, 0.05) is 24.1 Å². The Morgan fingerprint density at radius 3 is 2.55 bits per heavy atom. The number of rotatable bonds is 8. The summed E-state index contributed by atoms with van der Waals surface area (Å²) in [5.74, 6) is 2.62. The van der Waals surface area contributed by atoms with Crippen molar-refractivity contribution in [3.05, 3.63) is 18.2 Å². The van der Waals surface area contributed by atoms with Gasteiger partial charge in [-0.15, -0.1) is 0 Å². The van der Waals surface area contributed by atoms with Gasteiger partial charge in [0.25, 0.3) is 0 Å². The monoisotopic (exact) mass is 298 g/mol. The lowest BCUT2D eigenvalue weighted by Gasteiger charge is -2.11. The summed E-state index contributed by atoms with van der Waals surface area (Å²) in [5, 5.41) is 2.85. The number of nitrogens with one attached hydrogen (secondary N) is 1. The number of thioether (sulfide) groups is 1. The first-order chi connectivity index (χ1) is 9.56. The average molecular weight is 298 g/mol. The highest BCUT2D eigenvalue weighted by Crippen LogP contribution is 2.29. The van der Waals surface area contributed by atoms with Crippen LogP contribution in [0.3, 0.4) is 0 Å². The van der Waals surface area contributed by atoms with Crippen LogP contribution in [0.15, 0.2) is 18.2 Å². The molecule has 0 unspecified atom stereocenters. The van der Waals surface area contributed by atoms with Gasteiger partial charge >= 0.3 is 0 Å². The molecule has 0 saturated heterocycles. The van der Waals surface area contributed by atoms with Gasteiger partial charge in [0.05, 0.1) is 20.0 Å². The number of benzene rings is 1. The summed E-state index contributed by atoms with van der Waals surface area (Å²) in [4.78, 5) is 13.9. The number of amides is 1. The van der Waals surface area contributed by atoms with Crippen molar-refractivity contribution < 1.29 is 14.3 Å². The Kier molecular flexibility index (Phi) is 7.25. The zero-order valence-electron chi connectivity index (χ0n) is 12.4. The Balaban J connectivity index is 2.45. The minimum absolute atomic E-state index is 0.0130. The first-order valence-corrected chi connectivity index (χ1v) is 7.46. The fraction of sp³-hybridized carbons (Fsp3) is 0.500. The van der Waals surface area contributed by atoms with Gasteiger partial charge in [0.1, 0.15) is 0 Å². The van der Waals surface area contributed by atoms with Crippen molar-refractivity contribution in [1.82, 2.24) is 4.90 Å². The molecular weight excluding hydrogens is 276 g/mol. The molecule has 0 heterocycles. The van der Waals surface area contributed by atoms with Gasteiger partial charge in [-0.3, -0.25) is 4.79 Å². The van der Waals surface area contributed by atoms with Crippen molar-refractivity contribution in [2.45, 2.75) is 0 Å². The normalized spacial score (nSPS) is 10.4. The molecule has 5 nitrogen and oxygen atoms in total. The van der Waals surface area contributed by atoms with Crippen molar-refractivity contribution in [3.63, 3.8) is 0 Å². The molecule has 112 valence electrons. The number of methoxy groups -OCH3 is 2. The molecule has 1 rings (SSSR count). The molecule has 0 aromatic heterocycles. The van der Waals surface area contributed by atoms with E-state index < -0.39 is 0 Å². The quantitative estimate of drug-likeness (QED) is 0.743. The van der Waals surface area contributed by atoms with Crippen LogP contribution < -0.4 is 14.8 Å². The molecule has 1 aromatic rings. The Morgan fingerprint density at radius 1 is 1.25 bits per heavy atom. The molecular formula is C14H22N2O3S. The number of nitrogens with zero attached hydrogens (tertiary/aromatic N) is 1. The highest BCUT2D eigenvalue weighted by atomic mass is 32.2. The van der Waals surface area contributed by atoms with Crippen LogP contribution in [-0.2, 0) is 4.79 Å². The number of hydrogen-bond donors (Lipinski definition) is 1. The summed E-state index contributed by atoms with van der Waals surface area (Å²) in [5.41, 5.74) is 0.709. The molecule has 0 aliphatic carbocycles. The summed E-state index contributed by atoms with van der Waals surface area (Å²) in [6.07, 6.45) is 0. The minimum Gasteiger partial charge on any atom is -0.493 e. The van der Waals surface area contributed by atoms with Crippen molar-refractivity contribution >= 4 is 23.4 Å². The topological polar surface area (TPSA) is 50.8 Å². The second-order valence-electron chi connectivity index (χ2n) is 4.47. The number of carbonyl (C=O) groups is 1. The van der Waals surface area contributed by atoms with E-state index in [1.54, 1.807) is 44.2 Å². The van der Waals surface area contributed by atoms with Crippen LogP contribution in [0.1, 0.15) is 0 Å². The molecule has 0 saturated carbocycles. The zero-order chi connectivity index (χ0) is 15.0. The third-order valence-electron chi connectivity index (χ3n) is 2.58. The van der Waals surface area contributed by atoms with Crippen molar-refractivity contribution in [1.29, 1.82) is 0 Å². The number of ether oxygens (including phenoxy) is 2. The largest absolute Gasteiger partial charge is 0.493 e. The Labute approximate surface area is 124 Å². The standard InChI is InChI=1S/C14H22N2O3S/c1-16(2)7-8-20-10-14(17)15-11-5-6-12(18-3)13(9-11)19-4/h5-6,9H,7-8,10H2,1-4H3,(H,15,17). The highest BCUT2D eigenvalue weighted by molar-refractivity contribution is 7.99. The second kappa shape index (κ2) is 8.71. The van der Waals surface area contributed by atoms with Crippen LogP contribution in [0.5, 0.6) is 11.5 Å². The van der Waals surface area contributed by atoms with Gasteiger partial charge in [0.2, 0.25) is 5.91 Å². The van der Waals surface area contributed by atoms with E-state index in [1.165, 1.54) is 0 Å². The lowest BCUT2D eigenvalue weighted by molar-refractivity contribution is -0.113. The predicted octanol–water partition coefficient (Wildman–Crippen LogP) is 1.94. The molecule has 1 aromatic carbocycles. The third-order valence-corrected chi connectivity index (χ3v) is 3.52. The molecule has 1 amide bonds. The maximum atomic E-state index is 11.8. The maximum Gasteiger partial charge on any atom is 0.234 e. The first-order valence-electron chi connectivity index (χ1n) is 6.31. The molecule has 20 heavy (non-hydrogen) atoms. The molecule has 6 heteroatoms. The van der Waals surface area contributed by atoms with Gasteiger partial charge in [0.15, 0.2) is 11.5 Å². The number of hydrogen-bond acceptors (Lipinski definition) is 5. The average Bonchev–Trinajstić information content (AvgIpc) is 2.43. The highest BCUT2D eigenvalue weighted by Gasteiger charge is 2.07. The van der Waals surface area contributed by atoms with Crippen LogP contribution in [-0.4, -0.2) is 57.2 Å². The molecule has 0 spiro atoms. The summed E-state index contributed by atoms with van der Waals surface area (Å²) < 4.78 is 10.3. The molecule has 0 radical (unpaired) electrons. The van der Waals surface area contributed by atoms with E-state index in [-0.39, 0.29) is 5.91 Å². The van der Waals surface area contributed by atoms with Crippen LogP contribution in [0.4, 0.5) is 5.69 Å². The SMILES string of the molecule is COc1ccc(NC(=O)CSCCN(C)C)cc1OC. The van der Waals surface area contributed by atoms with Gasteiger partial charge in [-0.25, -0.2) is 0 Å². The molecule has 0 atom stereocenters. The summed E-state index contributed by atoms with van der Waals surface area (Å²) >= 11 is 1.62. The van der Waals surface area contributed by atoms with E-state index in [9.17, 15) is 4.79 Å². The summed E-state index contributed by atoms with van der Waals surface area (Å²) in [6.45, 7) is 0.967. The molecule has 0 fully saturated rings. The van der Waals surface area contributed by atoms with E-state index >= 15 is 0 Å². The van der Waals surface area contributed by atoms with Gasteiger partial charge in [-0.1, -0.05) is 0 Å². The summed E-state index contributed by atoms with van der Waals surface area (Å²) in [7, 11) is 7.19. The first kappa shape index (κ1) is 16.7. The Morgan fingerprint density at radius 2 is 1.95 bits per heavy atom. The Bertz CT molecular complexity index is 438. The van der Waals surface area contributed by atoms with E-state index in [0.29, 0.717) is 22.9 Å². The van der Waals surface area contributed by atoms with Gasteiger partial charge in [-0.05, 0) is 26.2 Å². The second-order valence-corrected chi connectivity index (χ2v) is 5.58. The number of carbonyl (C=O) groups excluding carboxylic acids is 1. The maximum absolute atomic E-state index is 11.8. The molecule has 0 aliphatic rings. The molecule has 1 N–H and O–H groups in total. The zero-order valence-corrected chi connectivity index (χ0v) is 13.3. The van der Waals surface area contributed by atoms with Crippen LogP contribution >= 0.6 is 11.8 Å². The lowest BCUT2D eigenvalue weighted by atomic mass is 10.2. The third kappa shape index (κ3) is 5.71. The van der Waals surface area contributed by atoms with Gasteiger partial charge < -0.3 is 19.7 Å². The van der Waals surface area contributed by atoms with Crippen molar-refractivity contribution in [2.75, 3.05) is 51.7 Å². The van der Waals surface area contributed by atoms with Crippen LogP contribution in [0.25, 0.3) is 0 Å². The lowest BCUT2D eigenvalue weighted by Crippen LogP contribution is -2.18. The van der Waals surface area contributed by atoms with Crippen LogP contribution in [0, 0.1) is 0 Å². The van der Waals surface area contributed by atoms with E-state index in [2.05, 4.69) is 10.2 Å². The fourth-order valence-corrected chi connectivity index (χ4v) is 2.42. The molecule has 0 aliphatic heterocycles. The summed E-state index contributed by atoms with van der Waals surface area (Å²) in [6, 6.07) is 5.32. The van der Waals surface area contributed by atoms with E-state index in [4.69, 9.17) is 9.47 Å².